The third-order valence-electron chi connectivity index (χ3n) is 6.88. The standard InChI is InChI=1S/C27H36N4O2/c1-21-9-11-22(12-10-21)18-31-19-24(17-26(31)32)27(33)28-13-6-14-30-16-15-29(2)20-25(30)23-7-4-3-5-8-23/h3-5,7-12,24-25H,6,13-20H2,1-2H3,(H,28,33)/t24-,25-/m0/s1. The molecule has 0 bridgehead atoms. The Balaban J connectivity index is 1.22. The Morgan fingerprint density at radius 1 is 1.03 bits per heavy atom. The minimum atomic E-state index is -0.247. The number of hydrogen-bond donors (Lipinski definition) is 1. The number of benzene rings is 2. The van der Waals surface area contributed by atoms with Gasteiger partial charge in [-0.2, -0.15) is 0 Å². The molecule has 0 radical (unpaired) electrons. The SMILES string of the molecule is Cc1ccc(CN2C[C@@H](C(=O)NCCCN3CCN(C)C[C@H]3c3ccccc3)CC2=O)cc1. The first-order chi connectivity index (χ1) is 16.0. The lowest BCUT2D eigenvalue weighted by atomic mass is 10.0. The summed E-state index contributed by atoms with van der Waals surface area (Å²) >= 11 is 0. The molecule has 1 N–H and O–H groups in total. The van der Waals surface area contributed by atoms with Crippen molar-refractivity contribution in [3.05, 3.63) is 71.3 Å². The molecule has 33 heavy (non-hydrogen) atoms. The number of likely N-dealkylation sites (tertiary alicyclic amines) is 1. The summed E-state index contributed by atoms with van der Waals surface area (Å²) in [5, 5.41) is 3.09. The molecule has 2 amide bonds. The summed E-state index contributed by atoms with van der Waals surface area (Å²) < 4.78 is 0. The van der Waals surface area contributed by atoms with Crippen LogP contribution in [0.4, 0.5) is 0 Å². The Hall–Kier alpha value is -2.70. The number of carbonyl (C=O) groups is 2. The number of piperazine rings is 1. The van der Waals surface area contributed by atoms with Gasteiger partial charge >= 0.3 is 0 Å². The van der Waals surface area contributed by atoms with Gasteiger partial charge in [-0.1, -0.05) is 60.2 Å². The van der Waals surface area contributed by atoms with E-state index in [2.05, 4.69) is 83.7 Å². The van der Waals surface area contributed by atoms with Crippen molar-refractivity contribution in [2.24, 2.45) is 5.92 Å². The molecule has 2 fully saturated rings. The van der Waals surface area contributed by atoms with Crippen molar-refractivity contribution in [3.63, 3.8) is 0 Å². The van der Waals surface area contributed by atoms with E-state index in [1.165, 1.54) is 11.1 Å². The van der Waals surface area contributed by atoms with Gasteiger partial charge in [0.1, 0.15) is 0 Å². The molecule has 2 aliphatic heterocycles. The average molecular weight is 449 g/mol. The average Bonchev–Trinajstić information content (AvgIpc) is 3.19. The third kappa shape index (κ3) is 6.21. The van der Waals surface area contributed by atoms with Gasteiger partial charge in [0.2, 0.25) is 11.8 Å². The Morgan fingerprint density at radius 2 is 1.79 bits per heavy atom. The minimum absolute atomic E-state index is 0.00717. The molecular weight excluding hydrogens is 412 g/mol. The first-order valence-corrected chi connectivity index (χ1v) is 12.1. The molecule has 0 spiro atoms. The number of likely N-dealkylation sites (N-methyl/N-ethyl adjacent to an activating group) is 1. The van der Waals surface area contributed by atoms with Crippen molar-refractivity contribution < 1.29 is 9.59 Å². The molecule has 0 saturated carbocycles. The number of hydrogen-bond acceptors (Lipinski definition) is 4. The monoisotopic (exact) mass is 448 g/mol. The van der Waals surface area contributed by atoms with Crippen LogP contribution in [0.3, 0.4) is 0 Å². The van der Waals surface area contributed by atoms with E-state index in [1.54, 1.807) is 0 Å². The van der Waals surface area contributed by atoms with Gasteiger partial charge in [-0.25, -0.2) is 0 Å². The molecule has 0 aliphatic carbocycles. The topological polar surface area (TPSA) is 55.9 Å². The van der Waals surface area contributed by atoms with Gasteiger partial charge in [-0.15, -0.1) is 0 Å². The van der Waals surface area contributed by atoms with E-state index in [1.807, 2.05) is 4.90 Å². The Labute approximate surface area is 197 Å². The van der Waals surface area contributed by atoms with Gasteiger partial charge < -0.3 is 15.1 Å². The molecule has 2 aromatic carbocycles. The Bertz CT molecular complexity index is 931. The fraction of sp³-hybridized carbons (Fsp3) is 0.481. The fourth-order valence-corrected chi connectivity index (χ4v) is 4.87. The first kappa shape index (κ1) is 23.5. The van der Waals surface area contributed by atoms with Crippen molar-refractivity contribution in [1.29, 1.82) is 0 Å². The second-order valence-corrected chi connectivity index (χ2v) is 9.53. The zero-order valence-corrected chi connectivity index (χ0v) is 19.9. The van der Waals surface area contributed by atoms with Gasteiger partial charge in [-0.3, -0.25) is 14.5 Å². The summed E-state index contributed by atoms with van der Waals surface area (Å²) in [4.78, 5) is 31.9. The molecule has 0 aromatic heterocycles. The highest BCUT2D eigenvalue weighted by Gasteiger charge is 2.34. The van der Waals surface area contributed by atoms with Crippen molar-refractivity contribution in [2.45, 2.75) is 32.4 Å². The molecule has 2 aliphatic rings. The highest BCUT2D eigenvalue weighted by atomic mass is 16.2. The zero-order chi connectivity index (χ0) is 23.2. The van der Waals surface area contributed by atoms with Crippen molar-refractivity contribution in [2.75, 3.05) is 46.3 Å². The van der Waals surface area contributed by atoms with Crippen molar-refractivity contribution in [1.82, 2.24) is 20.0 Å². The number of nitrogens with one attached hydrogen (secondary N) is 1. The number of amides is 2. The second-order valence-electron chi connectivity index (χ2n) is 9.53. The zero-order valence-electron chi connectivity index (χ0n) is 19.9. The van der Waals surface area contributed by atoms with E-state index in [9.17, 15) is 9.59 Å². The predicted molar refractivity (Wildman–Crippen MR) is 131 cm³/mol. The highest BCUT2D eigenvalue weighted by molar-refractivity contribution is 5.89. The lowest BCUT2D eigenvalue weighted by Gasteiger charge is -2.40. The van der Waals surface area contributed by atoms with E-state index in [4.69, 9.17) is 0 Å². The molecular formula is C27H36N4O2. The summed E-state index contributed by atoms with van der Waals surface area (Å²) in [5.74, 6) is -0.171. The van der Waals surface area contributed by atoms with Gasteiger partial charge in [0.05, 0.1) is 5.92 Å². The van der Waals surface area contributed by atoms with Crippen LogP contribution in [-0.4, -0.2) is 72.8 Å². The van der Waals surface area contributed by atoms with Crippen molar-refractivity contribution in [3.8, 4) is 0 Å². The van der Waals surface area contributed by atoms with Crippen LogP contribution in [0, 0.1) is 12.8 Å². The lowest BCUT2D eigenvalue weighted by molar-refractivity contribution is -0.129. The van der Waals surface area contributed by atoms with Crippen LogP contribution in [0.2, 0.25) is 0 Å². The van der Waals surface area contributed by atoms with Crippen LogP contribution in [0.5, 0.6) is 0 Å². The number of carbonyl (C=O) groups excluding carboxylic acids is 2. The molecule has 4 rings (SSSR count). The molecule has 6 nitrogen and oxygen atoms in total. The van der Waals surface area contributed by atoms with E-state index in [0.29, 0.717) is 32.1 Å². The van der Waals surface area contributed by atoms with E-state index >= 15 is 0 Å². The summed E-state index contributed by atoms with van der Waals surface area (Å²) in [6.07, 6.45) is 1.22. The maximum Gasteiger partial charge on any atom is 0.225 e. The lowest BCUT2D eigenvalue weighted by Crippen LogP contribution is -2.47. The van der Waals surface area contributed by atoms with E-state index in [-0.39, 0.29) is 17.7 Å². The number of aryl methyl sites for hydroxylation is 1. The summed E-state index contributed by atoms with van der Waals surface area (Å²) in [6.45, 7) is 7.87. The summed E-state index contributed by atoms with van der Waals surface area (Å²) in [5.41, 5.74) is 3.66. The minimum Gasteiger partial charge on any atom is -0.356 e. The second kappa shape index (κ2) is 10.9. The fourth-order valence-electron chi connectivity index (χ4n) is 4.87. The number of rotatable bonds is 8. The third-order valence-corrected chi connectivity index (χ3v) is 6.88. The van der Waals surface area contributed by atoms with E-state index < -0.39 is 0 Å². The highest BCUT2D eigenvalue weighted by Crippen LogP contribution is 2.25. The van der Waals surface area contributed by atoms with E-state index in [0.717, 1.165) is 38.2 Å². The van der Waals surface area contributed by atoms with Crippen LogP contribution in [0.15, 0.2) is 54.6 Å². The Morgan fingerprint density at radius 3 is 2.55 bits per heavy atom. The maximum atomic E-state index is 12.7. The van der Waals surface area contributed by atoms with Crippen LogP contribution >= 0.6 is 0 Å². The van der Waals surface area contributed by atoms with Gasteiger partial charge in [0, 0.05) is 58.3 Å². The molecule has 2 saturated heterocycles. The molecule has 0 unspecified atom stereocenters. The van der Waals surface area contributed by atoms with Gasteiger partial charge in [0.15, 0.2) is 0 Å². The largest absolute Gasteiger partial charge is 0.356 e. The molecule has 6 heteroatoms. The molecule has 2 aromatic rings. The maximum absolute atomic E-state index is 12.7. The summed E-state index contributed by atoms with van der Waals surface area (Å²) in [7, 11) is 2.18. The molecule has 2 heterocycles. The van der Waals surface area contributed by atoms with Gasteiger partial charge in [0.25, 0.3) is 0 Å². The Kier molecular flexibility index (Phi) is 7.78. The molecule has 176 valence electrons. The smallest absolute Gasteiger partial charge is 0.225 e. The van der Waals surface area contributed by atoms with Crippen LogP contribution in [-0.2, 0) is 16.1 Å². The predicted octanol–water partition coefficient (Wildman–Crippen LogP) is 2.84. The number of nitrogens with zero attached hydrogens (tertiary/aromatic N) is 3. The van der Waals surface area contributed by atoms with Crippen LogP contribution < -0.4 is 5.32 Å². The van der Waals surface area contributed by atoms with Crippen LogP contribution in [0.1, 0.15) is 35.6 Å². The first-order valence-electron chi connectivity index (χ1n) is 12.1. The normalized spacial score (nSPS) is 22.0. The quantitative estimate of drug-likeness (QED) is 0.631. The summed E-state index contributed by atoms with van der Waals surface area (Å²) in [6, 6.07) is 19.3. The molecule has 2 atom stereocenters. The van der Waals surface area contributed by atoms with Crippen molar-refractivity contribution >= 4 is 11.8 Å². The van der Waals surface area contributed by atoms with Crippen LogP contribution in [0.25, 0.3) is 0 Å². The van der Waals surface area contributed by atoms with Gasteiger partial charge in [-0.05, 0) is 31.5 Å².